The molecule has 5 rings (SSSR count). The molecule has 34 heavy (non-hydrogen) atoms. The second kappa shape index (κ2) is 7.77. The number of rotatable bonds is 0. The lowest BCUT2D eigenvalue weighted by molar-refractivity contribution is -0.164. The van der Waals surface area contributed by atoms with E-state index in [0.717, 1.165) is 38.5 Å². The van der Waals surface area contributed by atoms with Crippen molar-refractivity contribution in [2.45, 2.75) is 112 Å². The molecule has 0 spiro atoms. The van der Waals surface area contributed by atoms with Crippen LogP contribution >= 0.6 is 0 Å². The van der Waals surface area contributed by atoms with Gasteiger partial charge in [-0.1, -0.05) is 59.6 Å². The Bertz CT molecular complexity index is 920. The summed E-state index contributed by atoms with van der Waals surface area (Å²) >= 11 is 0. The van der Waals surface area contributed by atoms with Crippen LogP contribution in [0.25, 0.3) is 0 Å². The molecule has 0 aromatic carbocycles. The van der Waals surface area contributed by atoms with Crippen LogP contribution in [-0.4, -0.2) is 22.8 Å². The zero-order chi connectivity index (χ0) is 24.8. The van der Waals surface area contributed by atoms with E-state index in [2.05, 4.69) is 54.5 Å². The lowest BCUT2D eigenvalue weighted by Crippen LogP contribution is -2.62. The van der Waals surface area contributed by atoms with Crippen LogP contribution < -0.4 is 0 Å². The molecule has 0 amide bonds. The number of ketones is 2. The molecule has 11 atom stereocenters. The standard InChI is InChI=1S/C31H48O3/c1-18-10-13-28(4)17-26(34)31(7)21-9-8-12-29(5)20(3)24(32)11-14-30(29,6)27(21)25(33)16-23(31)22(28)15-19(18)2/h16,18-22,25,27,33H,8-15,17H2,1-7H3/t18-,19-,20+,21+,22-,25-,27-,28-,29+,30-,31+/m1/s1. The average Bonchev–Trinajstić information content (AvgIpc) is 2.97. The highest BCUT2D eigenvalue weighted by molar-refractivity contribution is 5.90. The minimum atomic E-state index is -0.526. The fourth-order valence-electron chi connectivity index (χ4n) is 10.0. The van der Waals surface area contributed by atoms with Gasteiger partial charge in [0.2, 0.25) is 0 Å². The van der Waals surface area contributed by atoms with Gasteiger partial charge in [-0.05, 0) is 91.3 Å². The van der Waals surface area contributed by atoms with E-state index in [4.69, 9.17) is 0 Å². The molecule has 0 aromatic rings. The Morgan fingerprint density at radius 2 is 1.62 bits per heavy atom. The van der Waals surface area contributed by atoms with Crippen molar-refractivity contribution in [2.24, 2.45) is 57.2 Å². The van der Waals surface area contributed by atoms with Gasteiger partial charge in [-0.15, -0.1) is 0 Å². The minimum absolute atomic E-state index is 0.0168. The van der Waals surface area contributed by atoms with Gasteiger partial charge in [0.05, 0.1) is 11.5 Å². The molecule has 0 unspecified atom stereocenters. The Kier molecular flexibility index (Phi) is 5.65. The van der Waals surface area contributed by atoms with Gasteiger partial charge in [0.15, 0.2) is 0 Å². The zero-order valence-electron chi connectivity index (χ0n) is 22.7. The summed E-state index contributed by atoms with van der Waals surface area (Å²) in [4.78, 5) is 27.1. The molecule has 3 heteroatoms. The van der Waals surface area contributed by atoms with Crippen LogP contribution in [0.4, 0.5) is 0 Å². The van der Waals surface area contributed by atoms with Crippen molar-refractivity contribution in [1.29, 1.82) is 0 Å². The fraction of sp³-hybridized carbons (Fsp3) is 0.871. The molecule has 4 fully saturated rings. The Morgan fingerprint density at radius 1 is 0.912 bits per heavy atom. The highest BCUT2D eigenvalue weighted by Gasteiger charge is 2.67. The van der Waals surface area contributed by atoms with Crippen LogP contribution in [0.5, 0.6) is 0 Å². The van der Waals surface area contributed by atoms with Crippen LogP contribution in [0.3, 0.4) is 0 Å². The van der Waals surface area contributed by atoms with Crippen LogP contribution in [0.15, 0.2) is 11.6 Å². The van der Waals surface area contributed by atoms with Crippen molar-refractivity contribution in [3.8, 4) is 0 Å². The number of Topliss-reactive ketones (excluding diaryl/α,β-unsaturated/α-hetero) is 2. The van der Waals surface area contributed by atoms with E-state index in [1.54, 1.807) is 0 Å². The van der Waals surface area contributed by atoms with E-state index in [-0.39, 0.29) is 34.0 Å². The van der Waals surface area contributed by atoms with E-state index < -0.39 is 11.5 Å². The van der Waals surface area contributed by atoms with Crippen LogP contribution in [0, 0.1) is 57.2 Å². The number of fused-ring (bicyclic) bond motifs is 7. The van der Waals surface area contributed by atoms with Gasteiger partial charge in [-0.2, -0.15) is 0 Å². The third-order valence-electron chi connectivity index (χ3n) is 13.2. The highest BCUT2D eigenvalue weighted by atomic mass is 16.3. The van der Waals surface area contributed by atoms with Crippen LogP contribution in [0.1, 0.15) is 106 Å². The van der Waals surface area contributed by atoms with Crippen LogP contribution in [-0.2, 0) is 9.59 Å². The first-order valence-electron chi connectivity index (χ1n) is 14.3. The average molecular weight is 469 g/mol. The Balaban J connectivity index is 1.65. The van der Waals surface area contributed by atoms with Crippen molar-refractivity contribution in [3.05, 3.63) is 11.6 Å². The van der Waals surface area contributed by atoms with E-state index in [1.807, 2.05) is 0 Å². The molecule has 190 valence electrons. The molecule has 3 nitrogen and oxygen atoms in total. The molecule has 1 N–H and O–H groups in total. The number of carbonyl (C=O) groups excluding carboxylic acids is 2. The topological polar surface area (TPSA) is 54.4 Å². The summed E-state index contributed by atoms with van der Waals surface area (Å²) in [5.41, 5.74) is 0.567. The Morgan fingerprint density at radius 3 is 2.32 bits per heavy atom. The summed E-state index contributed by atoms with van der Waals surface area (Å²) < 4.78 is 0. The minimum Gasteiger partial charge on any atom is -0.389 e. The molecule has 0 saturated heterocycles. The van der Waals surface area contributed by atoms with Crippen molar-refractivity contribution >= 4 is 11.6 Å². The smallest absolute Gasteiger partial charge is 0.143 e. The number of hydrogen-bond acceptors (Lipinski definition) is 3. The van der Waals surface area contributed by atoms with E-state index in [1.165, 1.54) is 12.0 Å². The maximum Gasteiger partial charge on any atom is 0.143 e. The third-order valence-corrected chi connectivity index (χ3v) is 13.2. The van der Waals surface area contributed by atoms with Crippen molar-refractivity contribution in [3.63, 3.8) is 0 Å². The van der Waals surface area contributed by atoms with E-state index >= 15 is 0 Å². The van der Waals surface area contributed by atoms with Crippen LogP contribution in [0.2, 0.25) is 0 Å². The molecule has 5 aliphatic carbocycles. The summed E-state index contributed by atoms with van der Waals surface area (Å²) in [6.07, 6.45) is 10.3. The lowest BCUT2D eigenvalue weighted by atomic mass is 9.41. The summed E-state index contributed by atoms with van der Waals surface area (Å²) in [6, 6.07) is 0. The first-order valence-corrected chi connectivity index (χ1v) is 14.3. The Hall–Kier alpha value is -0.960. The maximum atomic E-state index is 14.2. The first-order chi connectivity index (χ1) is 15.8. The predicted molar refractivity (Wildman–Crippen MR) is 136 cm³/mol. The van der Waals surface area contributed by atoms with Gasteiger partial charge < -0.3 is 5.11 Å². The second-order valence-electron chi connectivity index (χ2n) is 14.4. The van der Waals surface area contributed by atoms with Gasteiger partial charge in [-0.25, -0.2) is 0 Å². The van der Waals surface area contributed by atoms with Crippen molar-refractivity contribution in [2.75, 3.05) is 0 Å². The number of aliphatic hydroxyl groups is 1. The van der Waals surface area contributed by atoms with Gasteiger partial charge >= 0.3 is 0 Å². The summed E-state index contributed by atoms with van der Waals surface area (Å²) in [5, 5.41) is 11.9. The highest BCUT2D eigenvalue weighted by Crippen LogP contribution is 2.70. The van der Waals surface area contributed by atoms with Crippen molar-refractivity contribution < 1.29 is 14.7 Å². The molecule has 0 radical (unpaired) electrons. The summed E-state index contributed by atoms with van der Waals surface area (Å²) in [7, 11) is 0. The second-order valence-corrected chi connectivity index (χ2v) is 14.4. The first kappa shape index (κ1) is 24.7. The predicted octanol–water partition coefficient (Wildman–Crippen LogP) is 6.77. The molecule has 0 aromatic heterocycles. The number of allylic oxidation sites excluding steroid dienone is 1. The molecule has 0 heterocycles. The van der Waals surface area contributed by atoms with Gasteiger partial charge in [0.1, 0.15) is 11.6 Å². The summed E-state index contributed by atoms with van der Waals surface area (Å²) in [6.45, 7) is 16.2. The molecule has 5 aliphatic rings. The van der Waals surface area contributed by atoms with Gasteiger partial charge in [-0.3, -0.25) is 9.59 Å². The molecular weight excluding hydrogens is 420 g/mol. The fourth-order valence-corrected chi connectivity index (χ4v) is 10.0. The zero-order valence-corrected chi connectivity index (χ0v) is 22.7. The normalized spacial score (nSPS) is 55.6. The SMILES string of the molecule is C[C@@H]1CC[C@]2(C)CC(=O)[C@]3(C)C(=C[C@@H](O)[C@H]4[C@@H]3CCC[C@@]3(C)[C@@H](C)C(=O)CC[C@]43C)[C@H]2C[C@H]1C. The Labute approximate surface area is 207 Å². The van der Waals surface area contributed by atoms with E-state index in [9.17, 15) is 14.7 Å². The largest absolute Gasteiger partial charge is 0.389 e. The van der Waals surface area contributed by atoms with Gasteiger partial charge in [0.25, 0.3) is 0 Å². The number of hydrogen-bond donors (Lipinski definition) is 1. The molecule has 4 saturated carbocycles. The maximum absolute atomic E-state index is 14.2. The van der Waals surface area contributed by atoms with E-state index in [0.29, 0.717) is 42.2 Å². The lowest BCUT2D eigenvalue weighted by Gasteiger charge is -2.63. The quantitative estimate of drug-likeness (QED) is 0.399. The molecular formula is C31H48O3. The third kappa shape index (κ3) is 3.04. The number of aliphatic hydroxyl groups excluding tert-OH is 1. The van der Waals surface area contributed by atoms with Crippen molar-refractivity contribution in [1.82, 2.24) is 0 Å². The van der Waals surface area contributed by atoms with Gasteiger partial charge in [0, 0.05) is 18.8 Å². The molecule has 0 bridgehead atoms. The number of carbonyl (C=O) groups is 2. The summed E-state index contributed by atoms with van der Waals surface area (Å²) in [5.74, 6) is 2.75. The molecule has 0 aliphatic heterocycles. The monoisotopic (exact) mass is 468 g/mol.